The molecule has 2 aromatic rings. The van der Waals surface area contributed by atoms with Gasteiger partial charge in [0, 0.05) is 31.2 Å². The van der Waals surface area contributed by atoms with Gasteiger partial charge in [0.2, 0.25) is 0 Å². The molecule has 0 saturated heterocycles. The molecule has 0 amide bonds. The first-order chi connectivity index (χ1) is 7.81. The van der Waals surface area contributed by atoms with Gasteiger partial charge < -0.3 is 10.6 Å². The maximum absolute atomic E-state index is 5.54. The van der Waals surface area contributed by atoms with Crippen LogP contribution in [0.1, 0.15) is 5.56 Å². The summed E-state index contributed by atoms with van der Waals surface area (Å²) in [5, 5.41) is 1.23. The summed E-state index contributed by atoms with van der Waals surface area (Å²) in [7, 11) is 2.09. The summed E-state index contributed by atoms with van der Waals surface area (Å²) < 4.78 is 0. The van der Waals surface area contributed by atoms with E-state index in [1.54, 1.807) is 0 Å². The fraction of sp³-hybridized carbons (Fsp3) is 0.308. The van der Waals surface area contributed by atoms with E-state index in [4.69, 9.17) is 5.73 Å². The number of nitrogens with two attached hydrogens (primary N) is 1. The Balaban J connectivity index is 2.30. The maximum Gasteiger partial charge on any atom is 0.0705 e. The summed E-state index contributed by atoms with van der Waals surface area (Å²) in [6.07, 6.45) is 1.83. The Bertz CT molecular complexity index is 462. The predicted octanol–water partition coefficient (Wildman–Crippen LogP) is 1.63. The van der Waals surface area contributed by atoms with Crippen LogP contribution in [0.2, 0.25) is 0 Å². The van der Waals surface area contributed by atoms with Gasteiger partial charge in [-0.3, -0.25) is 4.98 Å². The lowest BCUT2D eigenvalue weighted by molar-refractivity contribution is 0.337. The fourth-order valence-corrected chi connectivity index (χ4v) is 1.90. The summed E-state index contributed by atoms with van der Waals surface area (Å²) in [6, 6.07) is 10.3. The third-order valence-corrected chi connectivity index (χ3v) is 2.69. The summed E-state index contributed by atoms with van der Waals surface area (Å²) in [4.78, 5) is 6.58. The predicted molar refractivity (Wildman–Crippen MR) is 67.1 cm³/mol. The smallest absolute Gasteiger partial charge is 0.0705 e. The molecule has 16 heavy (non-hydrogen) atoms. The van der Waals surface area contributed by atoms with Gasteiger partial charge in [-0.25, -0.2) is 0 Å². The second-order valence-electron chi connectivity index (χ2n) is 4.01. The normalized spacial score (nSPS) is 11.2. The molecule has 0 atom stereocenters. The molecule has 3 nitrogen and oxygen atoms in total. The van der Waals surface area contributed by atoms with Gasteiger partial charge in [0.05, 0.1) is 5.52 Å². The van der Waals surface area contributed by atoms with Gasteiger partial charge >= 0.3 is 0 Å². The zero-order chi connectivity index (χ0) is 11.4. The lowest BCUT2D eigenvalue weighted by Gasteiger charge is -2.16. The zero-order valence-electron chi connectivity index (χ0n) is 9.56. The van der Waals surface area contributed by atoms with Crippen molar-refractivity contribution < 1.29 is 0 Å². The van der Waals surface area contributed by atoms with Gasteiger partial charge in [-0.2, -0.15) is 0 Å². The minimum Gasteiger partial charge on any atom is -0.329 e. The van der Waals surface area contributed by atoms with Crippen LogP contribution < -0.4 is 5.73 Å². The second-order valence-corrected chi connectivity index (χ2v) is 4.01. The largest absolute Gasteiger partial charge is 0.329 e. The Labute approximate surface area is 95.9 Å². The van der Waals surface area contributed by atoms with Gasteiger partial charge in [-0.15, -0.1) is 0 Å². The van der Waals surface area contributed by atoms with Gasteiger partial charge in [0.25, 0.3) is 0 Å². The van der Waals surface area contributed by atoms with Crippen LogP contribution in [0.4, 0.5) is 0 Å². The Kier molecular flexibility index (Phi) is 3.49. The Morgan fingerprint density at radius 3 is 2.94 bits per heavy atom. The van der Waals surface area contributed by atoms with Gasteiger partial charge in [0.15, 0.2) is 0 Å². The summed E-state index contributed by atoms with van der Waals surface area (Å²) in [5.41, 5.74) is 7.91. The SMILES string of the molecule is CN(CCN)Cc1cccc2ncccc12. The van der Waals surface area contributed by atoms with Crippen molar-refractivity contribution in [1.82, 2.24) is 9.88 Å². The quantitative estimate of drug-likeness (QED) is 0.842. The van der Waals surface area contributed by atoms with Crippen LogP contribution in [0.25, 0.3) is 10.9 Å². The topological polar surface area (TPSA) is 42.1 Å². The lowest BCUT2D eigenvalue weighted by atomic mass is 10.1. The molecule has 0 aliphatic carbocycles. The third kappa shape index (κ3) is 2.38. The lowest BCUT2D eigenvalue weighted by Crippen LogP contribution is -2.25. The summed E-state index contributed by atoms with van der Waals surface area (Å²) >= 11 is 0. The molecule has 0 unspecified atom stereocenters. The van der Waals surface area contributed by atoms with Crippen molar-refractivity contribution in [3.05, 3.63) is 42.1 Å². The van der Waals surface area contributed by atoms with E-state index >= 15 is 0 Å². The van der Waals surface area contributed by atoms with E-state index in [1.165, 1.54) is 10.9 Å². The van der Waals surface area contributed by atoms with E-state index in [0.717, 1.165) is 18.6 Å². The fourth-order valence-electron chi connectivity index (χ4n) is 1.90. The number of aromatic nitrogens is 1. The van der Waals surface area contributed by atoms with E-state index in [2.05, 4.69) is 35.1 Å². The van der Waals surface area contributed by atoms with Gasteiger partial charge in [-0.05, 0) is 24.7 Å². The minimum absolute atomic E-state index is 0.694. The molecule has 0 aliphatic heterocycles. The first kappa shape index (κ1) is 11.0. The van der Waals surface area contributed by atoms with E-state index in [-0.39, 0.29) is 0 Å². The summed E-state index contributed by atoms with van der Waals surface area (Å²) in [5.74, 6) is 0. The molecule has 2 rings (SSSR count). The number of fused-ring (bicyclic) bond motifs is 1. The Morgan fingerprint density at radius 1 is 1.25 bits per heavy atom. The molecular weight excluding hydrogens is 198 g/mol. The van der Waals surface area contributed by atoms with Crippen molar-refractivity contribution in [3.63, 3.8) is 0 Å². The summed E-state index contributed by atoms with van der Waals surface area (Å²) in [6.45, 7) is 2.52. The molecule has 0 aliphatic rings. The van der Waals surface area contributed by atoms with Crippen LogP contribution in [-0.4, -0.2) is 30.0 Å². The average Bonchev–Trinajstić information content (AvgIpc) is 2.30. The van der Waals surface area contributed by atoms with Crippen molar-refractivity contribution in [2.75, 3.05) is 20.1 Å². The van der Waals surface area contributed by atoms with Crippen LogP contribution in [0, 0.1) is 0 Å². The van der Waals surface area contributed by atoms with E-state index in [0.29, 0.717) is 6.54 Å². The molecule has 0 fully saturated rings. The molecule has 0 bridgehead atoms. The molecule has 3 heteroatoms. The molecule has 1 aromatic heterocycles. The number of pyridine rings is 1. The van der Waals surface area contributed by atoms with Crippen LogP contribution in [0.15, 0.2) is 36.5 Å². The Morgan fingerprint density at radius 2 is 2.12 bits per heavy atom. The maximum atomic E-state index is 5.54. The number of hydrogen-bond acceptors (Lipinski definition) is 3. The molecule has 84 valence electrons. The second kappa shape index (κ2) is 5.05. The molecule has 1 heterocycles. The van der Waals surface area contributed by atoms with E-state index in [9.17, 15) is 0 Å². The average molecular weight is 215 g/mol. The standard InChI is InChI=1S/C13H17N3/c1-16(9-7-14)10-11-4-2-6-13-12(11)5-3-8-15-13/h2-6,8H,7,9-10,14H2,1H3. The van der Waals surface area contributed by atoms with E-state index < -0.39 is 0 Å². The number of benzene rings is 1. The number of rotatable bonds is 4. The Hall–Kier alpha value is -1.45. The van der Waals surface area contributed by atoms with Crippen LogP contribution in [0.5, 0.6) is 0 Å². The molecule has 1 aromatic carbocycles. The molecule has 0 spiro atoms. The minimum atomic E-state index is 0.694. The van der Waals surface area contributed by atoms with Crippen molar-refractivity contribution in [1.29, 1.82) is 0 Å². The molecule has 2 N–H and O–H groups in total. The molecular formula is C13H17N3. The third-order valence-electron chi connectivity index (χ3n) is 2.69. The highest BCUT2D eigenvalue weighted by Crippen LogP contribution is 2.17. The first-order valence-electron chi connectivity index (χ1n) is 5.52. The van der Waals surface area contributed by atoms with E-state index in [1.807, 2.05) is 18.3 Å². The zero-order valence-corrected chi connectivity index (χ0v) is 9.56. The van der Waals surface area contributed by atoms with Gasteiger partial charge in [-0.1, -0.05) is 18.2 Å². The number of nitrogens with zero attached hydrogens (tertiary/aromatic N) is 2. The van der Waals surface area contributed by atoms with Crippen molar-refractivity contribution >= 4 is 10.9 Å². The molecule has 0 radical (unpaired) electrons. The monoisotopic (exact) mass is 215 g/mol. The molecule has 0 saturated carbocycles. The van der Waals surface area contributed by atoms with Crippen molar-refractivity contribution in [2.45, 2.75) is 6.54 Å². The van der Waals surface area contributed by atoms with Crippen LogP contribution in [0.3, 0.4) is 0 Å². The van der Waals surface area contributed by atoms with Crippen LogP contribution >= 0.6 is 0 Å². The first-order valence-corrected chi connectivity index (χ1v) is 5.52. The highest BCUT2D eigenvalue weighted by molar-refractivity contribution is 5.81. The van der Waals surface area contributed by atoms with Gasteiger partial charge in [0.1, 0.15) is 0 Å². The van der Waals surface area contributed by atoms with Crippen LogP contribution in [-0.2, 0) is 6.54 Å². The number of hydrogen-bond donors (Lipinski definition) is 1. The highest BCUT2D eigenvalue weighted by atomic mass is 15.1. The number of likely N-dealkylation sites (N-methyl/N-ethyl adjacent to an activating group) is 1. The highest BCUT2D eigenvalue weighted by Gasteiger charge is 2.03. The van der Waals surface area contributed by atoms with Crippen molar-refractivity contribution in [3.8, 4) is 0 Å². The van der Waals surface area contributed by atoms with Crippen molar-refractivity contribution in [2.24, 2.45) is 5.73 Å².